The molecular formula is C23H30N6O5. The Labute approximate surface area is 197 Å². The van der Waals surface area contributed by atoms with E-state index in [1.807, 2.05) is 0 Å². The van der Waals surface area contributed by atoms with Crippen LogP contribution in [0.1, 0.15) is 57.5 Å². The first-order valence-electron chi connectivity index (χ1n) is 11.6. The molecule has 34 heavy (non-hydrogen) atoms. The molecule has 0 radical (unpaired) electrons. The number of aromatic nitrogens is 4. The van der Waals surface area contributed by atoms with Crippen LogP contribution in [0.4, 0.5) is 5.82 Å². The molecule has 2 fully saturated rings. The summed E-state index contributed by atoms with van der Waals surface area (Å²) in [6.07, 6.45) is 3.38. The van der Waals surface area contributed by atoms with Crippen LogP contribution in [0.2, 0.25) is 0 Å². The molecule has 11 nitrogen and oxygen atoms in total. The molecule has 1 aliphatic heterocycles. The van der Waals surface area contributed by atoms with Gasteiger partial charge in [0.2, 0.25) is 5.82 Å². The number of nitrogen functional groups attached to an aromatic ring is 1. The van der Waals surface area contributed by atoms with Crippen molar-refractivity contribution in [2.24, 2.45) is 11.8 Å². The van der Waals surface area contributed by atoms with Crippen LogP contribution in [-0.2, 0) is 19.1 Å². The number of esters is 1. The van der Waals surface area contributed by atoms with Crippen molar-refractivity contribution in [2.75, 3.05) is 19.4 Å². The second kappa shape index (κ2) is 10.4. The van der Waals surface area contributed by atoms with Crippen LogP contribution in [0.5, 0.6) is 0 Å². The van der Waals surface area contributed by atoms with E-state index in [1.54, 1.807) is 11.5 Å². The zero-order valence-corrected chi connectivity index (χ0v) is 19.4. The highest BCUT2D eigenvalue weighted by atomic mass is 16.5. The summed E-state index contributed by atoms with van der Waals surface area (Å²) in [5.74, 6) is 6.53. The maximum Gasteiger partial charge on any atom is 0.308 e. The Kier molecular flexibility index (Phi) is 7.29. The number of anilines is 1. The molecule has 0 aromatic carbocycles. The van der Waals surface area contributed by atoms with Crippen molar-refractivity contribution in [3.8, 4) is 11.8 Å². The summed E-state index contributed by atoms with van der Waals surface area (Å²) in [6.45, 7) is 2.25. The maximum atomic E-state index is 12.2. The van der Waals surface area contributed by atoms with Gasteiger partial charge in [0, 0.05) is 19.4 Å². The number of amides is 1. The largest absolute Gasteiger partial charge is 0.469 e. The molecule has 2 aromatic heterocycles. The van der Waals surface area contributed by atoms with Crippen molar-refractivity contribution in [1.82, 2.24) is 24.8 Å². The molecule has 3 heterocycles. The number of rotatable bonds is 5. The van der Waals surface area contributed by atoms with Crippen molar-refractivity contribution < 1.29 is 24.2 Å². The van der Waals surface area contributed by atoms with E-state index in [2.05, 4.69) is 32.1 Å². The van der Waals surface area contributed by atoms with Crippen LogP contribution in [0.25, 0.3) is 11.2 Å². The highest BCUT2D eigenvalue weighted by molar-refractivity contribution is 5.83. The smallest absolute Gasteiger partial charge is 0.308 e. The fraction of sp³-hybridized carbons (Fsp3) is 0.609. The second-order valence-corrected chi connectivity index (χ2v) is 8.71. The molecule has 11 heteroatoms. The quantitative estimate of drug-likeness (QED) is 0.427. The van der Waals surface area contributed by atoms with E-state index in [4.69, 9.17) is 15.2 Å². The number of nitrogens with zero attached hydrogens (tertiary/aromatic N) is 4. The van der Waals surface area contributed by atoms with Gasteiger partial charge in [0.05, 0.1) is 25.5 Å². The highest BCUT2D eigenvalue weighted by Gasteiger charge is 2.40. The number of aliphatic hydroxyl groups is 1. The average molecular weight is 471 g/mol. The molecule has 0 spiro atoms. The number of fused-ring (bicyclic) bond motifs is 1. The first-order chi connectivity index (χ1) is 16.4. The third-order valence-electron chi connectivity index (χ3n) is 6.44. The van der Waals surface area contributed by atoms with Crippen molar-refractivity contribution in [3.05, 3.63) is 12.2 Å². The van der Waals surface area contributed by atoms with Gasteiger partial charge in [-0.2, -0.15) is 0 Å². The first-order valence-corrected chi connectivity index (χ1v) is 11.6. The topological polar surface area (TPSA) is 154 Å². The third-order valence-corrected chi connectivity index (χ3v) is 6.44. The van der Waals surface area contributed by atoms with Gasteiger partial charge < -0.3 is 25.6 Å². The maximum absolute atomic E-state index is 12.2. The molecule has 1 aliphatic carbocycles. The summed E-state index contributed by atoms with van der Waals surface area (Å²) < 4.78 is 12.3. The lowest BCUT2D eigenvalue weighted by Crippen LogP contribution is -2.40. The summed E-state index contributed by atoms with van der Waals surface area (Å²) in [6, 6.07) is 0. The lowest BCUT2D eigenvalue weighted by molar-refractivity contribution is -0.146. The summed E-state index contributed by atoms with van der Waals surface area (Å²) in [4.78, 5) is 36.9. The SMILES string of the molecule is CCNC(=O)C1OC(n2cnc3c(N)nc(C#CCC4CCC(C(=O)OC)CC4)nc32)C[C@H]1O. The van der Waals surface area contributed by atoms with Crippen LogP contribution in [0, 0.1) is 23.7 Å². The zero-order chi connectivity index (χ0) is 24.2. The molecule has 4 rings (SSSR count). The van der Waals surface area contributed by atoms with Crippen molar-refractivity contribution in [1.29, 1.82) is 0 Å². The highest BCUT2D eigenvalue weighted by Crippen LogP contribution is 2.32. The molecular weight excluding hydrogens is 440 g/mol. The van der Waals surface area contributed by atoms with Crippen LogP contribution in [0.15, 0.2) is 6.33 Å². The minimum atomic E-state index is -0.963. The van der Waals surface area contributed by atoms with Gasteiger partial charge in [0.25, 0.3) is 5.91 Å². The number of nitrogens with one attached hydrogen (secondary N) is 1. The van der Waals surface area contributed by atoms with E-state index in [9.17, 15) is 14.7 Å². The lowest BCUT2D eigenvalue weighted by Gasteiger charge is -2.25. The number of aliphatic hydroxyl groups excluding tert-OH is 1. The zero-order valence-electron chi connectivity index (χ0n) is 19.4. The van der Waals surface area contributed by atoms with Gasteiger partial charge in [0.15, 0.2) is 17.6 Å². The van der Waals surface area contributed by atoms with E-state index >= 15 is 0 Å². The number of methoxy groups -OCH3 is 1. The van der Waals surface area contributed by atoms with E-state index in [-0.39, 0.29) is 35.9 Å². The number of likely N-dealkylation sites (N-methyl/N-ethyl adjacent to an activating group) is 1. The number of nitrogens with two attached hydrogens (primary N) is 1. The molecule has 3 atom stereocenters. The van der Waals surface area contributed by atoms with Crippen molar-refractivity contribution in [3.63, 3.8) is 0 Å². The van der Waals surface area contributed by atoms with Crippen molar-refractivity contribution >= 4 is 28.9 Å². The third kappa shape index (κ3) is 4.98. The predicted octanol–water partition coefficient (Wildman–Crippen LogP) is 0.914. The first kappa shape index (κ1) is 23.9. The van der Waals surface area contributed by atoms with Gasteiger partial charge in [0.1, 0.15) is 11.7 Å². The van der Waals surface area contributed by atoms with Crippen molar-refractivity contribution in [2.45, 2.75) is 63.9 Å². The standard InChI is InChI=1S/C23H30N6O5/c1-3-25-22(31)19-15(30)11-17(34-19)29-12-26-18-20(24)27-16(28-21(18)29)6-4-5-13-7-9-14(10-8-13)23(32)33-2/h12-15,17,19,30H,3,5,7-11H2,1-2H3,(H,25,31)(H2,24,27,28)/t13?,14?,15-,17?,19?/m1/s1. The van der Waals surface area contributed by atoms with Gasteiger partial charge in [-0.15, -0.1) is 0 Å². The van der Waals surface area contributed by atoms with Crippen LogP contribution < -0.4 is 11.1 Å². The lowest BCUT2D eigenvalue weighted by atomic mass is 9.81. The fourth-order valence-electron chi connectivity index (χ4n) is 4.58. The number of imidazole rings is 1. The average Bonchev–Trinajstić information content (AvgIpc) is 3.43. The molecule has 1 saturated carbocycles. The molecule has 1 amide bonds. The van der Waals surface area contributed by atoms with Gasteiger partial charge >= 0.3 is 5.97 Å². The van der Waals surface area contributed by atoms with Crippen LogP contribution >= 0.6 is 0 Å². The minimum Gasteiger partial charge on any atom is -0.469 e. The van der Waals surface area contributed by atoms with E-state index in [0.29, 0.717) is 30.0 Å². The number of carbonyl (C=O) groups excluding carboxylic acids is 2. The van der Waals surface area contributed by atoms with Gasteiger partial charge in [-0.3, -0.25) is 14.2 Å². The fourth-order valence-corrected chi connectivity index (χ4v) is 4.58. The Morgan fingerprint density at radius 2 is 2.09 bits per heavy atom. The molecule has 2 aromatic rings. The molecule has 1 saturated heterocycles. The summed E-state index contributed by atoms with van der Waals surface area (Å²) in [5, 5.41) is 13.0. The van der Waals surface area contributed by atoms with Gasteiger partial charge in [-0.25, -0.2) is 15.0 Å². The molecule has 2 unspecified atom stereocenters. The van der Waals surface area contributed by atoms with E-state index in [0.717, 1.165) is 25.7 Å². The number of hydrogen-bond acceptors (Lipinski definition) is 9. The normalized spacial score (nSPS) is 26.6. The Morgan fingerprint density at radius 1 is 1.32 bits per heavy atom. The molecule has 0 bridgehead atoms. The van der Waals surface area contributed by atoms with E-state index < -0.39 is 18.4 Å². The van der Waals surface area contributed by atoms with Gasteiger partial charge in [-0.1, -0.05) is 5.92 Å². The monoisotopic (exact) mass is 470 g/mol. The number of hydrogen-bond donors (Lipinski definition) is 3. The number of ether oxygens (including phenoxy) is 2. The Bertz CT molecular complexity index is 1110. The van der Waals surface area contributed by atoms with Crippen LogP contribution in [-0.4, -0.2) is 62.4 Å². The minimum absolute atomic E-state index is 0.0102. The van der Waals surface area contributed by atoms with E-state index in [1.165, 1.54) is 13.4 Å². The Hall–Kier alpha value is -3.23. The summed E-state index contributed by atoms with van der Waals surface area (Å²) in [7, 11) is 1.43. The van der Waals surface area contributed by atoms with Gasteiger partial charge in [-0.05, 0) is 44.4 Å². The number of carbonyl (C=O) groups is 2. The summed E-state index contributed by atoms with van der Waals surface area (Å²) >= 11 is 0. The molecule has 4 N–H and O–H groups in total. The Morgan fingerprint density at radius 3 is 2.79 bits per heavy atom. The molecule has 182 valence electrons. The second-order valence-electron chi connectivity index (χ2n) is 8.71. The van der Waals surface area contributed by atoms with Crippen LogP contribution in [0.3, 0.4) is 0 Å². The predicted molar refractivity (Wildman–Crippen MR) is 122 cm³/mol. The molecule has 2 aliphatic rings. The summed E-state index contributed by atoms with van der Waals surface area (Å²) in [5.41, 5.74) is 6.93. The Balaban J connectivity index is 1.46.